The molecule has 0 spiro atoms. The summed E-state index contributed by atoms with van der Waals surface area (Å²) in [6.07, 6.45) is 0.200. The van der Waals surface area contributed by atoms with Crippen molar-refractivity contribution in [1.82, 2.24) is 9.80 Å². The maximum Gasteiger partial charge on any atom is 0.248 e. The maximum absolute atomic E-state index is 12.9. The van der Waals surface area contributed by atoms with E-state index >= 15 is 0 Å². The van der Waals surface area contributed by atoms with Crippen LogP contribution in [0.5, 0.6) is 0 Å². The number of hydrogen-bond acceptors (Lipinski definition) is 4. The van der Waals surface area contributed by atoms with Gasteiger partial charge in [-0.3, -0.25) is 19.3 Å². The molecule has 3 rings (SSSR count). The summed E-state index contributed by atoms with van der Waals surface area (Å²) in [5, 5.41) is 0.516. The van der Waals surface area contributed by atoms with Crippen molar-refractivity contribution in [3.05, 3.63) is 65.2 Å². The van der Waals surface area contributed by atoms with Gasteiger partial charge in [-0.1, -0.05) is 48.0 Å². The smallest absolute Gasteiger partial charge is 0.248 e. The highest BCUT2D eigenvalue weighted by atomic mass is 35.5. The second kappa shape index (κ2) is 10.2. The Balaban J connectivity index is 1.65. The van der Waals surface area contributed by atoms with Crippen LogP contribution in [0.25, 0.3) is 0 Å². The van der Waals surface area contributed by atoms with Crippen molar-refractivity contribution in [2.24, 2.45) is 0 Å². The van der Waals surface area contributed by atoms with E-state index in [2.05, 4.69) is 0 Å². The van der Waals surface area contributed by atoms with E-state index in [0.29, 0.717) is 23.9 Å². The Hall–Kier alpha value is -2.90. The monoisotopic (exact) mass is 429 g/mol. The molecule has 7 nitrogen and oxygen atoms in total. The van der Waals surface area contributed by atoms with E-state index in [1.807, 2.05) is 30.3 Å². The van der Waals surface area contributed by atoms with E-state index < -0.39 is 0 Å². The van der Waals surface area contributed by atoms with Crippen LogP contribution >= 0.6 is 11.6 Å². The molecule has 1 heterocycles. The normalized spacial score (nSPS) is 13.6. The Kier molecular flexibility index (Phi) is 7.43. The predicted molar refractivity (Wildman–Crippen MR) is 114 cm³/mol. The van der Waals surface area contributed by atoms with Crippen molar-refractivity contribution in [2.75, 3.05) is 44.9 Å². The number of anilines is 1. The lowest BCUT2D eigenvalue weighted by Gasteiger charge is -2.25. The first-order valence-corrected chi connectivity index (χ1v) is 10.00. The van der Waals surface area contributed by atoms with Crippen LogP contribution in [0.1, 0.15) is 5.56 Å². The Labute approximate surface area is 180 Å². The minimum absolute atomic E-state index is 0.0314. The zero-order valence-corrected chi connectivity index (χ0v) is 17.5. The number of carbonyl (C=O) groups is 3. The Morgan fingerprint density at radius 3 is 2.60 bits per heavy atom. The van der Waals surface area contributed by atoms with Gasteiger partial charge in [0, 0.05) is 24.4 Å². The van der Waals surface area contributed by atoms with Gasteiger partial charge in [0.1, 0.15) is 13.2 Å². The largest absolute Gasteiger partial charge is 0.383 e. The number of amides is 3. The predicted octanol–water partition coefficient (Wildman–Crippen LogP) is 2.19. The van der Waals surface area contributed by atoms with Crippen molar-refractivity contribution in [2.45, 2.75) is 6.42 Å². The van der Waals surface area contributed by atoms with E-state index in [9.17, 15) is 14.4 Å². The minimum Gasteiger partial charge on any atom is -0.383 e. The molecule has 1 aliphatic heterocycles. The van der Waals surface area contributed by atoms with Gasteiger partial charge in [-0.15, -0.1) is 0 Å². The minimum atomic E-state index is -0.287. The summed E-state index contributed by atoms with van der Waals surface area (Å²) in [4.78, 5) is 42.5. The fourth-order valence-corrected chi connectivity index (χ4v) is 3.41. The van der Waals surface area contributed by atoms with Gasteiger partial charge in [-0.05, 0) is 23.8 Å². The van der Waals surface area contributed by atoms with Crippen molar-refractivity contribution < 1.29 is 19.1 Å². The number of ether oxygens (including phenoxy) is 1. The van der Waals surface area contributed by atoms with Gasteiger partial charge in [-0.2, -0.15) is 0 Å². The third-order valence-electron chi connectivity index (χ3n) is 4.85. The van der Waals surface area contributed by atoms with Gasteiger partial charge in [0.15, 0.2) is 0 Å². The fourth-order valence-electron chi connectivity index (χ4n) is 3.22. The summed E-state index contributed by atoms with van der Waals surface area (Å²) >= 11 is 6.01. The molecule has 0 bridgehead atoms. The first-order valence-electron chi connectivity index (χ1n) is 9.62. The average Bonchev–Trinajstić information content (AvgIpc) is 3.13. The van der Waals surface area contributed by atoms with Crippen LogP contribution in [0, 0.1) is 0 Å². The van der Waals surface area contributed by atoms with Gasteiger partial charge in [0.05, 0.1) is 19.6 Å². The number of hydrogen-bond donors (Lipinski definition) is 0. The van der Waals surface area contributed by atoms with Crippen LogP contribution in [0.4, 0.5) is 5.69 Å². The molecule has 1 aliphatic rings. The molecule has 0 radical (unpaired) electrons. The lowest BCUT2D eigenvalue weighted by Crippen LogP contribution is -2.44. The zero-order chi connectivity index (χ0) is 21.5. The molecule has 3 amide bonds. The van der Waals surface area contributed by atoms with E-state index in [-0.39, 0.29) is 43.9 Å². The van der Waals surface area contributed by atoms with Crippen molar-refractivity contribution in [1.29, 1.82) is 0 Å². The Morgan fingerprint density at radius 1 is 1.13 bits per heavy atom. The van der Waals surface area contributed by atoms with Gasteiger partial charge < -0.3 is 14.5 Å². The fraction of sp³-hybridized carbons (Fsp3) is 0.318. The number of methoxy groups -OCH3 is 1. The molecule has 1 fully saturated rings. The highest BCUT2D eigenvalue weighted by molar-refractivity contribution is 6.31. The zero-order valence-electron chi connectivity index (χ0n) is 16.8. The van der Waals surface area contributed by atoms with Gasteiger partial charge in [0.2, 0.25) is 17.7 Å². The molecule has 2 aromatic rings. The van der Waals surface area contributed by atoms with Crippen molar-refractivity contribution in [3.63, 3.8) is 0 Å². The van der Waals surface area contributed by atoms with Crippen LogP contribution in [0.2, 0.25) is 5.02 Å². The molecule has 0 saturated carbocycles. The number of rotatable bonds is 8. The molecule has 0 aromatic heterocycles. The summed E-state index contributed by atoms with van der Waals surface area (Å²) in [6, 6.07) is 16.3. The Bertz CT molecular complexity index is 906. The number of benzene rings is 2. The van der Waals surface area contributed by atoms with Gasteiger partial charge in [0.25, 0.3) is 0 Å². The summed E-state index contributed by atoms with van der Waals surface area (Å²) in [7, 11) is 1.55. The molecule has 0 aliphatic carbocycles. The Morgan fingerprint density at radius 2 is 1.90 bits per heavy atom. The highest BCUT2D eigenvalue weighted by Crippen LogP contribution is 2.23. The van der Waals surface area contributed by atoms with Crippen LogP contribution in [0.15, 0.2) is 54.6 Å². The summed E-state index contributed by atoms with van der Waals surface area (Å²) in [6.45, 7) is 0.611. The molecular formula is C22H24ClN3O4. The van der Waals surface area contributed by atoms with Crippen LogP contribution in [0.3, 0.4) is 0 Å². The molecule has 30 heavy (non-hydrogen) atoms. The number of carbonyl (C=O) groups excluding carboxylic acids is 3. The SMILES string of the molecule is COCCN(CC(=O)N1CC(=O)N(c2cccc(Cl)c2)C1)C(=O)Cc1ccccc1. The molecule has 2 aromatic carbocycles. The van der Waals surface area contributed by atoms with Crippen LogP contribution in [-0.4, -0.2) is 67.5 Å². The van der Waals surface area contributed by atoms with E-state index in [0.717, 1.165) is 5.56 Å². The average molecular weight is 430 g/mol. The van der Waals surface area contributed by atoms with E-state index in [4.69, 9.17) is 16.3 Å². The van der Waals surface area contributed by atoms with Crippen molar-refractivity contribution >= 4 is 35.0 Å². The molecule has 0 N–H and O–H groups in total. The van der Waals surface area contributed by atoms with E-state index in [1.54, 1.807) is 31.4 Å². The van der Waals surface area contributed by atoms with Gasteiger partial charge in [-0.25, -0.2) is 0 Å². The third-order valence-corrected chi connectivity index (χ3v) is 5.09. The maximum atomic E-state index is 12.9. The summed E-state index contributed by atoms with van der Waals surface area (Å²) in [5.41, 5.74) is 1.51. The molecule has 8 heteroatoms. The van der Waals surface area contributed by atoms with Crippen LogP contribution < -0.4 is 4.90 Å². The summed E-state index contributed by atoms with van der Waals surface area (Å²) in [5.74, 6) is -0.640. The molecule has 158 valence electrons. The first-order chi connectivity index (χ1) is 14.5. The second-order valence-corrected chi connectivity index (χ2v) is 7.44. The topological polar surface area (TPSA) is 70.2 Å². The van der Waals surface area contributed by atoms with Gasteiger partial charge >= 0.3 is 0 Å². The third kappa shape index (κ3) is 5.58. The highest BCUT2D eigenvalue weighted by Gasteiger charge is 2.33. The number of halogens is 1. The lowest BCUT2D eigenvalue weighted by molar-refractivity contribution is -0.140. The second-order valence-electron chi connectivity index (χ2n) is 7.01. The quantitative estimate of drug-likeness (QED) is 0.645. The molecule has 0 atom stereocenters. The standard InChI is InChI=1S/C22H24ClN3O4/c1-30-11-10-24(20(27)12-17-6-3-2-4-7-17)14-21(28)25-15-22(29)26(16-25)19-9-5-8-18(23)13-19/h2-9,13H,10-12,14-16H2,1H3. The molecule has 0 unspecified atom stereocenters. The van der Waals surface area contributed by atoms with E-state index in [1.165, 1.54) is 14.7 Å². The first kappa shape index (κ1) is 21.8. The van der Waals surface area contributed by atoms with Crippen molar-refractivity contribution in [3.8, 4) is 0 Å². The molecular weight excluding hydrogens is 406 g/mol. The summed E-state index contributed by atoms with van der Waals surface area (Å²) < 4.78 is 5.09. The van der Waals surface area contributed by atoms with Crippen LogP contribution in [-0.2, 0) is 25.5 Å². The molecule has 1 saturated heterocycles. The lowest BCUT2D eigenvalue weighted by atomic mass is 10.1. The number of nitrogens with zero attached hydrogens (tertiary/aromatic N) is 3.